The van der Waals surface area contributed by atoms with Crippen molar-refractivity contribution in [3.8, 4) is 0 Å². The molecular formula is C24H25Cl2N7O. The van der Waals surface area contributed by atoms with Gasteiger partial charge in [0.1, 0.15) is 0 Å². The maximum atomic E-state index is 11.7. The Morgan fingerprint density at radius 3 is 2.85 bits per heavy atom. The summed E-state index contributed by atoms with van der Waals surface area (Å²) in [7, 11) is 0. The summed E-state index contributed by atoms with van der Waals surface area (Å²) in [5.74, 6) is -1.22. The van der Waals surface area contributed by atoms with E-state index in [2.05, 4.69) is 43.5 Å². The van der Waals surface area contributed by atoms with Crippen LogP contribution in [0.5, 0.6) is 0 Å². The predicted octanol–water partition coefficient (Wildman–Crippen LogP) is 3.89. The molecule has 0 radical (unpaired) electrons. The van der Waals surface area contributed by atoms with Gasteiger partial charge in [0.25, 0.3) is 0 Å². The number of hydrogen-bond acceptors (Lipinski definition) is 7. The third-order valence-corrected chi connectivity index (χ3v) is 6.94. The number of benzene rings is 2. The third-order valence-electron chi connectivity index (χ3n) is 6.12. The summed E-state index contributed by atoms with van der Waals surface area (Å²) in [5.41, 5.74) is 2.89. The van der Waals surface area contributed by atoms with Crippen molar-refractivity contribution in [3.63, 3.8) is 0 Å². The average Bonchev–Trinajstić information content (AvgIpc) is 3.38. The van der Waals surface area contributed by atoms with E-state index >= 15 is 0 Å². The highest BCUT2D eigenvalue weighted by molar-refractivity contribution is 6.43. The van der Waals surface area contributed by atoms with Crippen LogP contribution in [0.15, 0.2) is 71.6 Å². The molecule has 34 heavy (non-hydrogen) atoms. The van der Waals surface area contributed by atoms with Crippen molar-refractivity contribution in [3.05, 3.63) is 87.8 Å². The second-order valence-electron chi connectivity index (χ2n) is 8.45. The second-order valence-corrected chi connectivity index (χ2v) is 9.23. The van der Waals surface area contributed by atoms with E-state index in [-0.39, 0.29) is 0 Å². The Balaban J connectivity index is 1.61. The molecule has 0 bridgehead atoms. The van der Waals surface area contributed by atoms with Crippen molar-refractivity contribution in [2.24, 2.45) is 4.99 Å². The van der Waals surface area contributed by atoms with Crippen LogP contribution in [0.4, 0.5) is 11.4 Å². The fourth-order valence-corrected chi connectivity index (χ4v) is 4.71. The first-order valence-corrected chi connectivity index (χ1v) is 11.7. The second kappa shape index (κ2) is 8.96. The lowest BCUT2D eigenvalue weighted by Crippen LogP contribution is -2.64. The first-order valence-electron chi connectivity index (χ1n) is 10.9. The molecule has 176 valence electrons. The zero-order chi connectivity index (χ0) is 23.8. The van der Waals surface area contributed by atoms with Gasteiger partial charge in [0.15, 0.2) is 5.72 Å². The smallest absolute Gasteiger partial charge is 0.215 e. The van der Waals surface area contributed by atoms with E-state index in [0.29, 0.717) is 21.3 Å². The molecule has 10 heteroatoms. The summed E-state index contributed by atoms with van der Waals surface area (Å²) < 4.78 is 1.47. The van der Waals surface area contributed by atoms with Crippen molar-refractivity contribution in [2.45, 2.75) is 31.4 Å². The van der Waals surface area contributed by atoms with Crippen molar-refractivity contribution in [2.75, 3.05) is 17.2 Å². The molecule has 1 aromatic heterocycles. The standard InChI is InChI=1S/C24H25Cl2N7O/c1-23(34,33-11-3-9-30-33)21-14-28-15-29-24(21,32-20-5-2-4-19(25)22(20)26)31-18-7-6-16-8-10-27-13-17(16)12-18/h2-7,9,11-12,14-15,27,31-32,34H,8,10,13H2,1H3,(H,28,29). The molecule has 0 fully saturated rings. The van der Waals surface area contributed by atoms with Gasteiger partial charge >= 0.3 is 0 Å². The number of halogens is 2. The van der Waals surface area contributed by atoms with E-state index in [1.165, 1.54) is 15.8 Å². The van der Waals surface area contributed by atoms with Crippen molar-refractivity contribution in [1.82, 2.24) is 20.4 Å². The zero-order valence-corrected chi connectivity index (χ0v) is 20.0. The molecule has 2 atom stereocenters. The van der Waals surface area contributed by atoms with Crippen molar-refractivity contribution in [1.29, 1.82) is 0 Å². The van der Waals surface area contributed by atoms with Crippen LogP contribution in [0, 0.1) is 0 Å². The molecule has 2 aromatic carbocycles. The number of aliphatic hydroxyl groups is 1. The third kappa shape index (κ3) is 4.14. The van der Waals surface area contributed by atoms with Crippen LogP contribution in [-0.2, 0) is 18.7 Å². The van der Waals surface area contributed by atoms with Gasteiger partial charge in [0, 0.05) is 30.8 Å². The van der Waals surface area contributed by atoms with E-state index < -0.39 is 11.5 Å². The van der Waals surface area contributed by atoms with Gasteiger partial charge in [-0.2, -0.15) is 5.10 Å². The maximum Gasteiger partial charge on any atom is 0.215 e. The molecular weight excluding hydrogens is 473 g/mol. The normalized spacial score (nSPS) is 21.1. The molecule has 2 aliphatic heterocycles. The molecule has 8 nitrogen and oxygen atoms in total. The minimum absolute atomic E-state index is 0.363. The summed E-state index contributed by atoms with van der Waals surface area (Å²) in [6.07, 6.45) is 7.46. The molecule has 3 aromatic rings. The number of nitrogens with one attached hydrogen (secondary N) is 4. The van der Waals surface area contributed by atoms with Crippen LogP contribution < -0.4 is 21.3 Å². The van der Waals surface area contributed by atoms with Gasteiger partial charge in [0.05, 0.1) is 27.6 Å². The van der Waals surface area contributed by atoms with Gasteiger partial charge in [-0.25, -0.2) is 9.67 Å². The number of fused-ring (bicyclic) bond motifs is 1. The summed E-state index contributed by atoms with van der Waals surface area (Å²) in [6, 6.07) is 13.4. The van der Waals surface area contributed by atoms with Gasteiger partial charge in [-0.15, -0.1) is 0 Å². The van der Waals surface area contributed by atoms with E-state index in [0.717, 1.165) is 25.2 Å². The number of anilines is 2. The summed E-state index contributed by atoms with van der Waals surface area (Å²) in [5, 5.41) is 30.4. The number of rotatable bonds is 6. The Bertz CT molecular complexity index is 1260. The Hall–Kier alpha value is -3.04. The number of aromatic nitrogens is 2. The first kappa shape index (κ1) is 22.7. The van der Waals surface area contributed by atoms with Gasteiger partial charge in [-0.3, -0.25) is 0 Å². The van der Waals surface area contributed by atoms with Crippen molar-refractivity contribution < 1.29 is 5.11 Å². The summed E-state index contributed by atoms with van der Waals surface area (Å²) >= 11 is 12.8. The lowest BCUT2D eigenvalue weighted by atomic mass is 9.95. The highest BCUT2D eigenvalue weighted by atomic mass is 35.5. The topological polar surface area (TPSA) is 98.5 Å². The molecule has 0 aliphatic carbocycles. The highest BCUT2D eigenvalue weighted by Crippen LogP contribution is 2.38. The van der Waals surface area contributed by atoms with Gasteiger partial charge < -0.3 is 26.4 Å². The van der Waals surface area contributed by atoms with Crippen LogP contribution in [0.2, 0.25) is 10.0 Å². The van der Waals surface area contributed by atoms with Crippen LogP contribution in [0.25, 0.3) is 0 Å². The molecule has 2 aliphatic rings. The van der Waals surface area contributed by atoms with E-state index in [4.69, 9.17) is 23.2 Å². The monoisotopic (exact) mass is 497 g/mol. The summed E-state index contributed by atoms with van der Waals surface area (Å²) in [6.45, 7) is 3.42. The molecule has 0 amide bonds. The molecule has 0 saturated carbocycles. The Morgan fingerprint density at radius 2 is 2.03 bits per heavy atom. The van der Waals surface area contributed by atoms with Crippen LogP contribution in [0.3, 0.4) is 0 Å². The predicted molar refractivity (Wildman–Crippen MR) is 136 cm³/mol. The Kier molecular flexibility index (Phi) is 5.99. The maximum absolute atomic E-state index is 11.7. The average molecular weight is 498 g/mol. The van der Waals surface area contributed by atoms with Crippen LogP contribution >= 0.6 is 23.2 Å². The minimum atomic E-state index is -1.55. The number of aliphatic imine (C=N–C) groups is 1. The lowest BCUT2D eigenvalue weighted by molar-refractivity contribution is -0.00248. The number of nitrogens with zero attached hydrogens (tertiary/aromatic N) is 3. The molecule has 0 saturated heterocycles. The first-order chi connectivity index (χ1) is 16.4. The molecule has 0 spiro atoms. The SMILES string of the molecule is CC(O)(C1=CN=CNC1(Nc1ccc2c(c1)CNCC2)Nc1cccc(Cl)c1Cl)n1cccn1. The summed E-state index contributed by atoms with van der Waals surface area (Å²) in [4.78, 5) is 4.28. The fraction of sp³-hybridized carbons (Fsp3) is 0.250. The molecule has 5 N–H and O–H groups in total. The van der Waals surface area contributed by atoms with Gasteiger partial charge in [-0.05, 0) is 61.3 Å². The Labute approximate surface area is 207 Å². The van der Waals surface area contributed by atoms with E-state index in [1.54, 1.807) is 50.1 Å². The molecule has 2 unspecified atom stereocenters. The van der Waals surface area contributed by atoms with E-state index in [1.807, 2.05) is 12.1 Å². The number of hydrogen-bond donors (Lipinski definition) is 5. The quantitative estimate of drug-likeness (QED) is 0.331. The zero-order valence-electron chi connectivity index (χ0n) is 18.5. The largest absolute Gasteiger partial charge is 0.366 e. The van der Waals surface area contributed by atoms with Crippen LogP contribution in [-0.4, -0.2) is 33.6 Å². The molecule has 3 heterocycles. The minimum Gasteiger partial charge on any atom is -0.366 e. The Morgan fingerprint density at radius 1 is 1.15 bits per heavy atom. The van der Waals surface area contributed by atoms with Crippen molar-refractivity contribution >= 4 is 40.9 Å². The van der Waals surface area contributed by atoms with Gasteiger partial charge in [-0.1, -0.05) is 35.3 Å². The van der Waals surface area contributed by atoms with Gasteiger partial charge in [0.2, 0.25) is 5.79 Å². The fourth-order valence-electron chi connectivity index (χ4n) is 4.36. The highest BCUT2D eigenvalue weighted by Gasteiger charge is 2.46. The lowest BCUT2D eigenvalue weighted by Gasteiger charge is -2.45. The molecule has 5 rings (SSSR count). The van der Waals surface area contributed by atoms with Crippen LogP contribution in [0.1, 0.15) is 18.1 Å². The van der Waals surface area contributed by atoms with E-state index in [9.17, 15) is 5.11 Å².